The molecule has 6 nitrogen and oxygen atoms in total. The normalized spacial score (nSPS) is 11.2. The van der Waals surface area contributed by atoms with E-state index in [1.54, 1.807) is 19.3 Å². The molecular formula is C16H18N4O2. The molecule has 0 aliphatic rings. The number of aromatic nitrogens is 4. The van der Waals surface area contributed by atoms with E-state index >= 15 is 0 Å². The minimum atomic E-state index is -0.264. The van der Waals surface area contributed by atoms with Crippen LogP contribution in [0.3, 0.4) is 0 Å². The van der Waals surface area contributed by atoms with Crippen molar-refractivity contribution in [2.24, 2.45) is 0 Å². The highest BCUT2D eigenvalue weighted by Crippen LogP contribution is 2.21. The van der Waals surface area contributed by atoms with Crippen LogP contribution in [-0.2, 0) is 6.42 Å². The van der Waals surface area contributed by atoms with Gasteiger partial charge in [0, 0.05) is 23.7 Å². The Hall–Kier alpha value is -2.63. The fourth-order valence-electron chi connectivity index (χ4n) is 2.77. The van der Waals surface area contributed by atoms with Gasteiger partial charge in [-0.25, -0.2) is 4.79 Å². The Morgan fingerprint density at radius 2 is 1.91 bits per heavy atom. The predicted octanol–water partition coefficient (Wildman–Crippen LogP) is 2.03. The van der Waals surface area contributed by atoms with Crippen LogP contribution in [0.15, 0.2) is 34.1 Å². The summed E-state index contributed by atoms with van der Waals surface area (Å²) in [5.74, 6) is 0. The Bertz CT molecular complexity index is 919. The summed E-state index contributed by atoms with van der Waals surface area (Å²) in [7, 11) is 0. The summed E-state index contributed by atoms with van der Waals surface area (Å²) in [4.78, 5) is 34.3. The maximum atomic E-state index is 12.4. The summed E-state index contributed by atoms with van der Waals surface area (Å²) in [5.41, 5.74) is 2.83. The molecular weight excluding hydrogens is 280 g/mol. The quantitative estimate of drug-likeness (QED) is 0.773. The van der Waals surface area contributed by atoms with Crippen molar-refractivity contribution in [3.63, 3.8) is 0 Å². The van der Waals surface area contributed by atoms with Gasteiger partial charge in [-0.15, -0.1) is 0 Å². The van der Waals surface area contributed by atoms with Crippen LogP contribution in [0.2, 0.25) is 0 Å². The molecule has 0 saturated heterocycles. The van der Waals surface area contributed by atoms with Crippen LogP contribution in [0.5, 0.6) is 0 Å². The SMILES string of the molecule is CCCCc1c(-c2ccncc2)[nH]c(=O)c2c(C)[nH]c(=O)n12. The van der Waals surface area contributed by atoms with Gasteiger partial charge in [-0.05, 0) is 31.9 Å². The summed E-state index contributed by atoms with van der Waals surface area (Å²) >= 11 is 0. The number of pyridine rings is 1. The van der Waals surface area contributed by atoms with Gasteiger partial charge in [-0.2, -0.15) is 0 Å². The average Bonchev–Trinajstić information content (AvgIpc) is 2.82. The lowest BCUT2D eigenvalue weighted by Gasteiger charge is -2.11. The Morgan fingerprint density at radius 1 is 1.18 bits per heavy atom. The molecule has 0 aliphatic carbocycles. The van der Waals surface area contributed by atoms with Crippen molar-refractivity contribution in [1.29, 1.82) is 0 Å². The lowest BCUT2D eigenvalue weighted by atomic mass is 10.1. The Balaban J connectivity index is 2.39. The maximum Gasteiger partial charge on any atom is 0.330 e. The minimum absolute atomic E-state index is 0.261. The maximum absolute atomic E-state index is 12.4. The molecule has 0 radical (unpaired) electrons. The second kappa shape index (κ2) is 5.63. The van der Waals surface area contributed by atoms with E-state index in [4.69, 9.17) is 0 Å². The topological polar surface area (TPSA) is 83.0 Å². The summed E-state index contributed by atoms with van der Waals surface area (Å²) in [6.07, 6.45) is 6.02. The molecule has 0 unspecified atom stereocenters. The van der Waals surface area contributed by atoms with Crippen LogP contribution >= 0.6 is 0 Å². The molecule has 3 heterocycles. The van der Waals surface area contributed by atoms with Gasteiger partial charge in [0.2, 0.25) is 0 Å². The molecule has 0 spiro atoms. The highest BCUT2D eigenvalue weighted by Gasteiger charge is 2.17. The zero-order valence-corrected chi connectivity index (χ0v) is 12.6. The molecule has 2 N–H and O–H groups in total. The van der Waals surface area contributed by atoms with Crippen molar-refractivity contribution in [1.82, 2.24) is 19.4 Å². The molecule has 0 saturated carbocycles. The van der Waals surface area contributed by atoms with Crippen molar-refractivity contribution in [3.05, 3.63) is 56.8 Å². The van der Waals surface area contributed by atoms with Gasteiger partial charge in [-0.3, -0.25) is 14.2 Å². The van der Waals surface area contributed by atoms with E-state index in [9.17, 15) is 9.59 Å². The molecule has 3 rings (SSSR count). The number of H-pyrrole nitrogens is 2. The first-order valence-electron chi connectivity index (χ1n) is 7.40. The molecule has 6 heteroatoms. The Morgan fingerprint density at radius 3 is 2.59 bits per heavy atom. The zero-order valence-electron chi connectivity index (χ0n) is 12.6. The van der Waals surface area contributed by atoms with Crippen LogP contribution in [0, 0.1) is 6.92 Å². The van der Waals surface area contributed by atoms with Gasteiger partial charge < -0.3 is 9.97 Å². The fraction of sp³-hybridized carbons (Fsp3) is 0.312. The van der Waals surface area contributed by atoms with E-state index in [-0.39, 0.29) is 11.2 Å². The highest BCUT2D eigenvalue weighted by atomic mass is 16.1. The average molecular weight is 298 g/mol. The number of nitrogens with zero attached hydrogens (tertiary/aromatic N) is 2. The summed E-state index contributed by atoms with van der Waals surface area (Å²) < 4.78 is 1.51. The monoisotopic (exact) mass is 298 g/mol. The van der Waals surface area contributed by atoms with Gasteiger partial charge in [0.1, 0.15) is 5.52 Å². The zero-order chi connectivity index (χ0) is 15.7. The molecule has 0 aliphatic heterocycles. The number of aryl methyl sites for hydroxylation is 2. The summed E-state index contributed by atoms with van der Waals surface area (Å²) in [5, 5.41) is 0. The second-order valence-electron chi connectivity index (χ2n) is 5.35. The molecule has 0 bridgehead atoms. The molecule has 22 heavy (non-hydrogen) atoms. The van der Waals surface area contributed by atoms with Crippen LogP contribution in [0.1, 0.15) is 31.2 Å². The largest absolute Gasteiger partial charge is 0.330 e. The number of rotatable bonds is 4. The highest BCUT2D eigenvalue weighted by molar-refractivity contribution is 5.64. The number of fused-ring (bicyclic) bond motifs is 1. The van der Waals surface area contributed by atoms with Crippen molar-refractivity contribution in [2.75, 3.05) is 0 Å². The van der Waals surface area contributed by atoms with Gasteiger partial charge >= 0.3 is 5.69 Å². The third kappa shape index (κ3) is 2.26. The number of aromatic amines is 2. The Labute approximate surface area is 126 Å². The fourth-order valence-corrected chi connectivity index (χ4v) is 2.77. The molecule has 3 aromatic heterocycles. The number of imidazole rings is 1. The summed E-state index contributed by atoms with van der Waals surface area (Å²) in [6.45, 7) is 3.84. The van der Waals surface area contributed by atoms with E-state index in [1.807, 2.05) is 12.1 Å². The van der Waals surface area contributed by atoms with Crippen LogP contribution in [0.4, 0.5) is 0 Å². The lowest BCUT2D eigenvalue weighted by Crippen LogP contribution is -2.22. The van der Waals surface area contributed by atoms with Gasteiger partial charge in [0.05, 0.1) is 11.4 Å². The number of hydrogen-bond donors (Lipinski definition) is 2. The third-order valence-electron chi connectivity index (χ3n) is 3.82. The first kappa shape index (κ1) is 14.3. The molecule has 114 valence electrons. The lowest BCUT2D eigenvalue weighted by molar-refractivity contribution is 0.756. The number of unbranched alkanes of at least 4 members (excludes halogenated alkanes) is 1. The first-order chi connectivity index (χ1) is 10.6. The predicted molar refractivity (Wildman–Crippen MR) is 85.2 cm³/mol. The van der Waals surface area contributed by atoms with E-state index in [2.05, 4.69) is 21.9 Å². The number of hydrogen-bond acceptors (Lipinski definition) is 3. The minimum Gasteiger partial charge on any atom is -0.319 e. The van der Waals surface area contributed by atoms with E-state index in [0.29, 0.717) is 16.9 Å². The molecule has 0 fully saturated rings. The van der Waals surface area contributed by atoms with E-state index in [0.717, 1.165) is 30.5 Å². The third-order valence-corrected chi connectivity index (χ3v) is 3.82. The first-order valence-corrected chi connectivity index (χ1v) is 7.40. The van der Waals surface area contributed by atoms with Gasteiger partial charge in [-0.1, -0.05) is 13.3 Å². The van der Waals surface area contributed by atoms with Gasteiger partial charge in [0.25, 0.3) is 5.56 Å². The second-order valence-corrected chi connectivity index (χ2v) is 5.35. The molecule has 3 aromatic rings. The van der Waals surface area contributed by atoms with E-state index < -0.39 is 0 Å². The standard InChI is InChI=1S/C16H18N4O2/c1-3-4-5-12-13(11-6-8-17-9-7-11)19-15(21)14-10(2)18-16(22)20(12)14/h6-9H,3-5H2,1-2H3,(H,18,22)(H,19,21). The van der Waals surface area contributed by atoms with Gasteiger partial charge in [0.15, 0.2) is 0 Å². The van der Waals surface area contributed by atoms with Crippen molar-refractivity contribution >= 4 is 5.52 Å². The smallest absolute Gasteiger partial charge is 0.319 e. The molecule has 0 atom stereocenters. The molecule has 0 aromatic carbocycles. The van der Waals surface area contributed by atoms with Crippen molar-refractivity contribution in [3.8, 4) is 11.3 Å². The van der Waals surface area contributed by atoms with Crippen LogP contribution < -0.4 is 11.2 Å². The van der Waals surface area contributed by atoms with Crippen LogP contribution in [0.25, 0.3) is 16.8 Å². The number of nitrogens with one attached hydrogen (secondary N) is 2. The molecule has 0 amide bonds. The van der Waals surface area contributed by atoms with E-state index in [1.165, 1.54) is 4.40 Å². The summed E-state index contributed by atoms with van der Waals surface area (Å²) in [6, 6.07) is 3.66. The van der Waals surface area contributed by atoms with Crippen LogP contribution in [-0.4, -0.2) is 19.4 Å². The van der Waals surface area contributed by atoms with Crippen molar-refractivity contribution in [2.45, 2.75) is 33.1 Å². The van der Waals surface area contributed by atoms with Crippen molar-refractivity contribution < 1.29 is 0 Å². The Kier molecular flexibility index (Phi) is 3.66.